The molecule has 43 heteroatoms. The number of para-hydroxylation sites is 3. The van der Waals surface area contributed by atoms with Crippen molar-refractivity contribution in [2.45, 2.75) is 0 Å². The number of methoxy groups -OCH3 is 8. The number of aromatic amines is 5. The van der Waals surface area contributed by atoms with E-state index in [1.807, 2.05) is 67.0 Å². The normalized spacial score (nSPS) is 10.1. The van der Waals surface area contributed by atoms with E-state index < -0.39 is 75.8 Å². The zero-order valence-electron chi connectivity index (χ0n) is 69.1. The number of nitrogens with one attached hydrogen (secondary N) is 5. The van der Waals surface area contributed by atoms with Gasteiger partial charge in [-0.05, 0) is 166 Å². The van der Waals surface area contributed by atoms with Crippen LogP contribution in [-0.2, 0) is 33.2 Å². The molecule has 0 saturated carbocycles. The molecule has 0 aliphatic rings. The number of carboxylic acids is 2. The number of nitrogens with zero attached hydrogens (tertiary/aromatic N) is 6. The number of aromatic nitrogens is 11. The van der Waals surface area contributed by atoms with E-state index in [9.17, 15) is 71.5 Å². The molecule has 0 amide bonds. The van der Waals surface area contributed by atoms with Crippen LogP contribution >= 0.6 is 80.3 Å². The SMILES string of the molecule is COC(=O)c1cccc(C(=O)Cl)n1.COC(=O)c1cccc(C(=O)O)n1.COC(=O)c1csc(C(=O)Cl)c1.COC(=O)c1csc(C(=O)O)c1.COC(=O)c1csc(C(=O)c2c[nH]c3ccccc23)c1.COC(=O)c1nsc(C(=O)c2c[nH]c3ccc(F)cc23)n1.COC(=O)c1nsc(C(=O)c2c[nH]c3ccc(OC)cc23)n1.c1ccc2[nH]ccc2c1.c1ccc2[nH]ccc2c1. The number of ether oxygens (including phenoxy) is 8. The number of rotatable bonds is 18. The molecule has 0 spiro atoms. The van der Waals surface area contributed by atoms with Gasteiger partial charge in [-0.3, -0.25) is 24.0 Å². The van der Waals surface area contributed by atoms with Crippen molar-refractivity contribution >= 4 is 216 Å². The average Bonchev–Trinajstić information content (AvgIpc) is 1.66. The molecule has 0 saturated heterocycles. The number of ketones is 3. The lowest BCUT2D eigenvalue weighted by Crippen LogP contribution is -2.08. The number of fused-ring (bicyclic) bond motifs is 5. The number of pyridine rings is 2. The van der Waals surface area contributed by atoms with Crippen molar-refractivity contribution in [1.29, 1.82) is 0 Å². The Morgan fingerprint density at radius 3 is 1.16 bits per heavy atom. The number of esters is 7. The summed E-state index contributed by atoms with van der Waals surface area (Å²) >= 11 is 15.4. The van der Waals surface area contributed by atoms with Crippen LogP contribution in [0.4, 0.5) is 4.39 Å². The van der Waals surface area contributed by atoms with E-state index in [-0.39, 0.29) is 72.0 Å². The van der Waals surface area contributed by atoms with Crippen LogP contribution in [0.15, 0.2) is 223 Å². The van der Waals surface area contributed by atoms with Crippen LogP contribution in [-0.4, -0.2) is 202 Å². The summed E-state index contributed by atoms with van der Waals surface area (Å²) in [4.78, 5) is 188. The van der Waals surface area contributed by atoms with Crippen molar-refractivity contribution in [3.05, 3.63) is 321 Å². The Hall–Kier alpha value is -15.8. The van der Waals surface area contributed by atoms with E-state index in [4.69, 9.17) is 38.2 Å². The summed E-state index contributed by atoms with van der Waals surface area (Å²) in [6, 6.07) is 50.4. The van der Waals surface area contributed by atoms with Gasteiger partial charge in [-0.15, -0.1) is 34.0 Å². The molecule has 131 heavy (non-hydrogen) atoms. The Morgan fingerprint density at radius 1 is 0.344 bits per heavy atom. The fraction of sp³-hybridized carbons (Fsp3) is 0.0909. The van der Waals surface area contributed by atoms with Crippen LogP contribution in [0.5, 0.6) is 5.75 Å². The summed E-state index contributed by atoms with van der Waals surface area (Å²) in [5.41, 5.74) is 7.04. The quantitative estimate of drug-likeness (QED) is 0.0181. The molecular formula is C88H68Cl2FN11O24S5. The summed E-state index contributed by atoms with van der Waals surface area (Å²) in [6.45, 7) is 0. The maximum Gasteiger partial charge on any atom is 0.377 e. The summed E-state index contributed by atoms with van der Waals surface area (Å²) in [6.07, 6.45) is 8.68. The predicted octanol–water partition coefficient (Wildman–Crippen LogP) is 16.8. The molecule has 35 nitrogen and oxygen atoms in total. The fourth-order valence-corrected chi connectivity index (χ4v) is 14.6. The van der Waals surface area contributed by atoms with Crippen LogP contribution < -0.4 is 4.74 Å². The maximum atomic E-state index is 13.3. The lowest BCUT2D eigenvalue weighted by molar-refractivity contribution is 0.0579. The number of carbonyl (C=O) groups is 14. The topological polar surface area (TPSA) is 510 Å². The van der Waals surface area contributed by atoms with Crippen molar-refractivity contribution in [3.63, 3.8) is 0 Å². The number of H-pyrrole nitrogens is 5. The molecular weight excluding hydrogens is 1850 g/mol. The Balaban J connectivity index is 0.000000169. The molecule has 0 aliphatic carbocycles. The van der Waals surface area contributed by atoms with Crippen LogP contribution in [0, 0.1) is 5.82 Å². The van der Waals surface area contributed by atoms with Crippen LogP contribution in [0.3, 0.4) is 0 Å². The molecule has 0 fully saturated rings. The third-order valence-electron chi connectivity index (χ3n) is 17.2. The van der Waals surface area contributed by atoms with E-state index in [1.54, 1.807) is 49.1 Å². The van der Waals surface area contributed by atoms with Gasteiger partial charge in [-0.25, -0.2) is 67.5 Å². The molecule has 0 bridgehead atoms. The number of hydrogen-bond acceptors (Lipinski definition) is 33. The lowest BCUT2D eigenvalue weighted by Gasteiger charge is -2.00. The summed E-state index contributed by atoms with van der Waals surface area (Å²) in [5, 5.41) is 25.2. The van der Waals surface area contributed by atoms with Crippen LogP contribution in [0.1, 0.15) is 160 Å². The summed E-state index contributed by atoms with van der Waals surface area (Å²) in [7, 11) is 10.3. The monoisotopic (exact) mass is 1910 g/mol. The molecule has 0 atom stereocenters. The smallest absolute Gasteiger partial charge is 0.377 e. The molecule has 7 N–H and O–H groups in total. The van der Waals surface area contributed by atoms with Crippen molar-refractivity contribution in [2.24, 2.45) is 0 Å². The minimum absolute atomic E-state index is 0.0117. The van der Waals surface area contributed by atoms with Gasteiger partial charge >= 0.3 is 53.7 Å². The summed E-state index contributed by atoms with van der Waals surface area (Å²) in [5.74, 6) is -7.17. The molecule has 5 aromatic carbocycles. The minimum atomic E-state index is -1.18. The van der Waals surface area contributed by atoms with E-state index in [1.165, 1.54) is 161 Å². The van der Waals surface area contributed by atoms with E-state index in [0.29, 0.717) is 48.7 Å². The highest BCUT2D eigenvalue weighted by molar-refractivity contribution is 7.14. The first-order valence-corrected chi connectivity index (χ1v) is 41.9. The largest absolute Gasteiger partial charge is 0.497 e. The Labute approximate surface area is 768 Å². The van der Waals surface area contributed by atoms with E-state index in [2.05, 4.69) is 123 Å². The van der Waals surface area contributed by atoms with Gasteiger partial charge in [0.25, 0.3) is 22.1 Å². The lowest BCUT2D eigenvalue weighted by atomic mass is 10.1. The highest BCUT2D eigenvalue weighted by Gasteiger charge is 2.25. The van der Waals surface area contributed by atoms with E-state index in [0.717, 1.165) is 67.5 Å². The van der Waals surface area contributed by atoms with Gasteiger partial charge in [0.05, 0.1) is 94.4 Å². The van der Waals surface area contributed by atoms with Gasteiger partial charge in [0.15, 0.2) is 10.0 Å². The van der Waals surface area contributed by atoms with Crippen LogP contribution in [0.2, 0.25) is 0 Å². The highest BCUT2D eigenvalue weighted by Crippen LogP contribution is 2.29. The second-order valence-electron chi connectivity index (χ2n) is 25.2. The number of aromatic carboxylic acids is 2. The Morgan fingerprint density at radius 2 is 0.733 bits per heavy atom. The Kier molecular flexibility index (Phi) is 36.4. The zero-order valence-corrected chi connectivity index (χ0v) is 74.7. The van der Waals surface area contributed by atoms with Crippen LogP contribution in [0.25, 0.3) is 54.5 Å². The molecule has 17 rings (SSSR count). The van der Waals surface area contributed by atoms with Crippen molar-refractivity contribution in [3.8, 4) is 5.75 Å². The van der Waals surface area contributed by atoms with Gasteiger partial charge in [0, 0.05) is 96.4 Å². The first-order chi connectivity index (χ1) is 63.0. The van der Waals surface area contributed by atoms with Gasteiger partial charge in [-0.2, -0.15) is 8.75 Å². The van der Waals surface area contributed by atoms with Gasteiger partial charge in [-0.1, -0.05) is 66.7 Å². The standard InChI is InChI=1S/C15H11NO3S.C14H11N3O4S.C13H8FN3O3S.C8H6ClNO3.C8H7NO4.2C8H7N.C7H5ClO3S.C7H6O4S/c1-19-15(18)9-6-13(20-8-9)14(17)11-7-16-12-5-3-2-4-10(11)12;1-20-7-3-4-10-8(5-7)9(6-15-10)11(18)13-16-12(17-22-13)14(19)21-2;1-20-13(19)11-16-12(21-17-11)10(18)8-5-15-9-3-2-6(14)4-7(8)9;1-13-8(12)6-4-2-3-5(10-6)7(9)11;1-13-8(12)6-4-2-3-5(9-6)7(10)11;2*1-2-4-8-7(3-1)5-6-9-8;2*1-11-7(10)4-2-5(6(8)9)12-3-4/h2-8,16H,1H3;3-6,15H,1-2H3;2-5,15H,1H3;2-4H,1H3;2-4H,1H3,(H,10,11);2*1-6,9H;2-3H,1H3;2-3H,1H3,(H,8,9). The number of carboxylic acid groups (broad SMARTS) is 2. The maximum absolute atomic E-state index is 13.3. The van der Waals surface area contributed by atoms with Gasteiger partial charge < -0.3 is 73.0 Å². The Bertz CT molecular complexity index is 6760. The summed E-state index contributed by atoms with van der Waals surface area (Å²) < 4.78 is 57.4. The molecule has 12 aromatic heterocycles. The second kappa shape index (κ2) is 48.2. The first-order valence-electron chi connectivity index (χ1n) is 36.9. The third kappa shape index (κ3) is 26.9. The fourth-order valence-electron chi connectivity index (χ4n) is 10.8. The first kappa shape index (κ1) is 99.0. The molecule has 12 heterocycles. The van der Waals surface area contributed by atoms with Gasteiger partial charge in [0.2, 0.25) is 17.3 Å². The molecule has 17 aromatic rings. The van der Waals surface area contributed by atoms with Crippen molar-refractivity contribution < 1.29 is 120 Å². The highest BCUT2D eigenvalue weighted by atomic mass is 35.5. The number of hydrogen-bond donors (Lipinski definition) is 7. The minimum Gasteiger partial charge on any atom is -0.497 e. The molecule has 0 unspecified atom stereocenters. The molecule has 0 radical (unpaired) electrons. The average molecular weight is 1910 g/mol. The number of benzene rings is 5. The number of carbonyl (C=O) groups excluding carboxylic acids is 12. The number of halogens is 3. The molecule has 670 valence electrons. The molecule has 0 aliphatic heterocycles. The zero-order chi connectivity index (χ0) is 95.0. The second-order valence-corrected chi connectivity index (χ2v) is 30.2. The number of thiophene rings is 3. The third-order valence-corrected chi connectivity index (χ3v) is 21.9. The van der Waals surface area contributed by atoms with Gasteiger partial charge in [0.1, 0.15) is 39.2 Å². The van der Waals surface area contributed by atoms with Crippen molar-refractivity contribution in [1.82, 2.24) is 53.6 Å². The predicted molar refractivity (Wildman–Crippen MR) is 483 cm³/mol. The van der Waals surface area contributed by atoms with E-state index >= 15 is 0 Å². The van der Waals surface area contributed by atoms with Crippen molar-refractivity contribution in [2.75, 3.05) is 56.9 Å².